The van der Waals surface area contributed by atoms with E-state index in [0.29, 0.717) is 5.41 Å². The molecule has 2 saturated carbocycles. The number of carbonyl (C=O) groups is 1. The van der Waals surface area contributed by atoms with Gasteiger partial charge in [-0.05, 0) is 43.9 Å². The molecule has 0 amide bonds. The highest BCUT2D eigenvalue weighted by Gasteiger charge is 2.53. The Balaban J connectivity index is 1.94. The lowest BCUT2D eigenvalue weighted by atomic mass is 10.0. The summed E-state index contributed by atoms with van der Waals surface area (Å²) in [6.45, 7) is 2.74. The number of carboxylic acid groups (broad SMARTS) is 1. The number of aromatic nitrogens is 1. The van der Waals surface area contributed by atoms with Gasteiger partial charge in [-0.15, -0.1) is 0 Å². The van der Waals surface area contributed by atoms with Crippen LogP contribution in [-0.2, 0) is 6.54 Å². The molecule has 0 aromatic carbocycles. The van der Waals surface area contributed by atoms with Gasteiger partial charge in [0.2, 0.25) is 0 Å². The van der Waals surface area contributed by atoms with Crippen LogP contribution in [0, 0.1) is 18.3 Å². The zero-order valence-electron chi connectivity index (χ0n) is 10.5. The molecule has 0 bridgehead atoms. The van der Waals surface area contributed by atoms with Crippen LogP contribution in [-0.4, -0.2) is 15.6 Å². The maximum absolute atomic E-state index is 11.6. The van der Waals surface area contributed by atoms with Crippen LogP contribution in [0.5, 0.6) is 0 Å². The highest BCUT2D eigenvalue weighted by molar-refractivity contribution is 5.87. The lowest BCUT2D eigenvalue weighted by Gasteiger charge is -2.19. The Bertz CT molecular complexity index is 565. The summed E-state index contributed by atoms with van der Waals surface area (Å²) in [6, 6.07) is 1.44. The van der Waals surface area contributed by atoms with Gasteiger partial charge >= 0.3 is 5.97 Å². The second kappa shape index (κ2) is 3.70. The van der Waals surface area contributed by atoms with Crippen molar-refractivity contribution >= 4 is 5.97 Å². The SMILES string of the molecule is Cc1cc(=O)c(C(=O)O)cn1CC1(C2CC2)CC1. The number of hydrogen-bond donors (Lipinski definition) is 1. The van der Waals surface area contributed by atoms with Crippen LogP contribution in [0.2, 0.25) is 0 Å². The highest BCUT2D eigenvalue weighted by Crippen LogP contribution is 2.62. The van der Waals surface area contributed by atoms with Crippen LogP contribution >= 0.6 is 0 Å². The lowest BCUT2D eigenvalue weighted by molar-refractivity contribution is 0.0694. The molecule has 0 aliphatic heterocycles. The second-order valence-corrected chi connectivity index (χ2v) is 5.76. The van der Waals surface area contributed by atoms with E-state index < -0.39 is 11.4 Å². The molecule has 1 aromatic heterocycles. The fourth-order valence-corrected chi connectivity index (χ4v) is 2.89. The maximum Gasteiger partial charge on any atom is 0.341 e. The number of carboxylic acids is 1. The van der Waals surface area contributed by atoms with Crippen LogP contribution in [0.15, 0.2) is 17.1 Å². The van der Waals surface area contributed by atoms with Crippen molar-refractivity contribution in [2.45, 2.75) is 39.2 Å². The van der Waals surface area contributed by atoms with Crippen molar-refractivity contribution < 1.29 is 9.90 Å². The zero-order chi connectivity index (χ0) is 12.9. The van der Waals surface area contributed by atoms with E-state index in [9.17, 15) is 9.59 Å². The van der Waals surface area contributed by atoms with Crippen molar-refractivity contribution in [1.29, 1.82) is 0 Å². The average Bonchev–Trinajstić information content (AvgIpc) is 3.12. The Morgan fingerprint density at radius 1 is 1.50 bits per heavy atom. The van der Waals surface area contributed by atoms with Crippen LogP contribution in [0.4, 0.5) is 0 Å². The van der Waals surface area contributed by atoms with Gasteiger partial charge in [0.1, 0.15) is 5.56 Å². The van der Waals surface area contributed by atoms with Crippen molar-refractivity contribution in [3.8, 4) is 0 Å². The topological polar surface area (TPSA) is 59.3 Å². The summed E-state index contributed by atoms with van der Waals surface area (Å²) in [5, 5.41) is 9.00. The molecular formula is C14H17NO3. The van der Waals surface area contributed by atoms with Crippen LogP contribution in [0.25, 0.3) is 0 Å². The smallest absolute Gasteiger partial charge is 0.341 e. The van der Waals surface area contributed by atoms with E-state index in [1.165, 1.54) is 37.9 Å². The fraction of sp³-hybridized carbons (Fsp3) is 0.571. The van der Waals surface area contributed by atoms with E-state index >= 15 is 0 Å². The summed E-state index contributed by atoms with van der Waals surface area (Å²) in [7, 11) is 0. The number of pyridine rings is 1. The van der Waals surface area contributed by atoms with E-state index in [-0.39, 0.29) is 5.56 Å². The fourth-order valence-electron chi connectivity index (χ4n) is 2.89. The summed E-state index contributed by atoms with van der Waals surface area (Å²) in [6.07, 6.45) is 6.62. The molecule has 18 heavy (non-hydrogen) atoms. The molecule has 4 nitrogen and oxygen atoms in total. The standard InChI is InChI=1S/C14H17NO3/c1-9-6-12(16)11(13(17)18)7-15(9)8-14(4-5-14)10-2-3-10/h6-7,10H,2-5,8H2,1H3,(H,17,18). The quantitative estimate of drug-likeness (QED) is 0.885. The van der Waals surface area contributed by atoms with E-state index in [4.69, 9.17) is 5.11 Å². The van der Waals surface area contributed by atoms with Crippen molar-refractivity contribution in [3.05, 3.63) is 33.7 Å². The third-order valence-electron chi connectivity index (χ3n) is 4.39. The maximum atomic E-state index is 11.6. The number of aryl methyl sites for hydroxylation is 1. The molecular weight excluding hydrogens is 230 g/mol. The molecule has 2 fully saturated rings. The first-order valence-electron chi connectivity index (χ1n) is 6.46. The highest BCUT2D eigenvalue weighted by atomic mass is 16.4. The van der Waals surface area contributed by atoms with Crippen molar-refractivity contribution in [1.82, 2.24) is 4.57 Å². The first-order valence-corrected chi connectivity index (χ1v) is 6.46. The first-order chi connectivity index (χ1) is 8.52. The van der Waals surface area contributed by atoms with Crippen LogP contribution in [0.3, 0.4) is 0 Å². The van der Waals surface area contributed by atoms with E-state index in [1.807, 2.05) is 11.5 Å². The lowest BCUT2D eigenvalue weighted by Crippen LogP contribution is -2.22. The molecule has 0 unspecified atom stereocenters. The number of rotatable bonds is 4. The average molecular weight is 247 g/mol. The van der Waals surface area contributed by atoms with Gasteiger partial charge in [0.15, 0.2) is 5.43 Å². The first kappa shape index (κ1) is 11.5. The molecule has 2 aliphatic carbocycles. The van der Waals surface area contributed by atoms with Crippen molar-refractivity contribution in [2.24, 2.45) is 11.3 Å². The van der Waals surface area contributed by atoms with E-state index in [2.05, 4.69) is 0 Å². The van der Waals surface area contributed by atoms with Gasteiger partial charge in [0.25, 0.3) is 0 Å². The van der Waals surface area contributed by atoms with Crippen molar-refractivity contribution in [2.75, 3.05) is 0 Å². The van der Waals surface area contributed by atoms with Gasteiger partial charge in [0, 0.05) is 24.5 Å². The molecule has 0 radical (unpaired) electrons. The van der Waals surface area contributed by atoms with Crippen LogP contribution in [0.1, 0.15) is 41.7 Å². The minimum absolute atomic E-state index is 0.118. The third kappa shape index (κ3) is 1.85. The molecule has 0 saturated heterocycles. The van der Waals surface area contributed by atoms with Crippen LogP contribution < -0.4 is 5.43 Å². The molecule has 2 aliphatic rings. The minimum Gasteiger partial charge on any atom is -0.477 e. The monoisotopic (exact) mass is 247 g/mol. The molecule has 3 rings (SSSR count). The second-order valence-electron chi connectivity index (χ2n) is 5.76. The summed E-state index contributed by atoms with van der Waals surface area (Å²) in [5.74, 6) is -0.311. The van der Waals surface area contributed by atoms with Gasteiger partial charge in [-0.3, -0.25) is 4.79 Å². The zero-order valence-corrected chi connectivity index (χ0v) is 10.5. The van der Waals surface area contributed by atoms with Gasteiger partial charge < -0.3 is 9.67 Å². The summed E-state index contributed by atoms with van der Waals surface area (Å²) in [4.78, 5) is 22.6. The Morgan fingerprint density at radius 2 is 2.17 bits per heavy atom. The number of hydrogen-bond acceptors (Lipinski definition) is 2. The largest absolute Gasteiger partial charge is 0.477 e. The van der Waals surface area contributed by atoms with Gasteiger partial charge in [0.05, 0.1) is 0 Å². The molecule has 4 heteroatoms. The van der Waals surface area contributed by atoms with Crippen molar-refractivity contribution in [3.63, 3.8) is 0 Å². The minimum atomic E-state index is -1.13. The molecule has 1 aromatic rings. The van der Waals surface area contributed by atoms with Gasteiger partial charge in [-0.2, -0.15) is 0 Å². The molecule has 96 valence electrons. The van der Waals surface area contributed by atoms with Gasteiger partial charge in [-0.25, -0.2) is 4.79 Å². The third-order valence-corrected chi connectivity index (χ3v) is 4.39. The number of aromatic carboxylic acids is 1. The van der Waals surface area contributed by atoms with E-state index in [1.54, 1.807) is 0 Å². The molecule has 1 heterocycles. The molecule has 0 atom stereocenters. The Hall–Kier alpha value is -1.58. The summed E-state index contributed by atoms with van der Waals surface area (Å²) >= 11 is 0. The van der Waals surface area contributed by atoms with Gasteiger partial charge in [-0.1, -0.05) is 0 Å². The normalized spacial score (nSPS) is 20.7. The Labute approximate surface area is 105 Å². The van der Waals surface area contributed by atoms with E-state index in [0.717, 1.165) is 18.2 Å². The molecule has 0 spiro atoms. The number of nitrogens with zero attached hydrogens (tertiary/aromatic N) is 1. The Kier molecular flexibility index (Phi) is 2.37. The molecule has 1 N–H and O–H groups in total. The Morgan fingerprint density at radius 3 is 2.67 bits per heavy atom. The predicted molar refractivity (Wildman–Crippen MR) is 66.8 cm³/mol. The predicted octanol–water partition coefficient (Wildman–Crippen LogP) is 2.05. The summed E-state index contributed by atoms with van der Waals surface area (Å²) in [5.41, 5.74) is 0.743. The summed E-state index contributed by atoms with van der Waals surface area (Å²) < 4.78 is 1.95.